The maximum absolute atomic E-state index is 13.5. The lowest BCUT2D eigenvalue weighted by Crippen LogP contribution is -2.32. The molecule has 0 N–H and O–H groups in total. The Hall–Kier alpha value is -3.20. The normalized spacial score (nSPS) is 15.7. The van der Waals surface area contributed by atoms with Gasteiger partial charge in [-0.25, -0.2) is 4.39 Å². The predicted molar refractivity (Wildman–Crippen MR) is 121 cm³/mol. The smallest absolute Gasteiger partial charge is 0.273 e. The number of rotatable bonds is 6. The monoisotopic (exact) mass is 457 g/mol. The molecule has 1 saturated heterocycles. The number of benzene rings is 2. The van der Waals surface area contributed by atoms with Crippen LogP contribution in [0.15, 0.2) is 42.5 Å². The number of amides is 1. The quantitative estimate of drug-likeness (QED) is 0.554. The zero-order valence-corrected chi connectivity index (χ0v) is 19.1. The molecular weight excluding hydrogens is 433 g/mol. The summed E-state index contributed by atoms with van der Waals surface area (Å²) in [5, 5.41) is 4.21. The number of hydrogen-bond acceptors (Lipinski definition) is 6. The molecule has 1 aliphatic heterocycles. The second-order valence-corrected chi connectivity index (χ2v) is 8.40. The van der Waals surface area contributed by atoms with Crippen molar-refractivity contribution in [3.8, 4) is 28.5 Å². The van der Waals surface area contributed by atoms with Crippen molar-refractivity contribution in [1.29, 1.82) is 0 Å². The number of hydrogen-bond donors (Lipinski definition) is 0. The third-order valence-electron chi connectivity index (χ3n) is 5.39. The molecule has 0 radical (unpaired) electrons. The largest absolute Gasteiger partial charge is 0.496 e. The Morgan fingerprint density at radius 3 is 2.34 bits per heavy atom. The summed E-state index contributed by atoms with van der Waals surface area (Å²) in [6, 6.07) is 11.4. The molecule has 0 spiro atoms. The summed E-state index contributed by atoms with van der Waals surface area (Å²) >= 11 is 1.66. The molecule has 32 heavy (non-hydrogen) atoms. The van der Waals surface area contributed by atoms with Crippen LogP contribution in [-0.2, 0) is 7.05 Å². The van der Waals surface area contributed by atoms with E-state index in [-0.39, 0.29) is 17.1 Å². The maximum Gasteiger partial charge on any atom is 0.273 e. The third kappa shape index (κ3) is 4.00. The van der Waals surface area contributed by atoms with Crippen molar-refractivity contribution in [2.75, 3.05) is 33.6 Å². The van der Waals surface area contributed by atoms with Crippen LogP contribution in [-0.4, -0.2) is 54.2 Å². The van der Waals surface area contributed by atoms with E-state index in [1.165, 1.54) is 12.1 Å². The summed E-state index contributed by atoms with van der Waals surface area (Å²) in [6.07, 6.45) is 0. The van der Waals surface area contributed by atoms with Crippen LogP contribution >= 0.6 is 11.8 Å². The SMILES string of the molecule is COc1cc(OC)c(C2SCCN2C(=O)c2cc(-c3ccc(F)cc3)nn2C)cc1OC. The number of halogens is 1. The summed E-state index contributed by atoms with van der Waals surface area (Å²) < 4.78 is 31.3. The van der Waals surface area contributed by atoms with Crippen LogP contribution in [0, 0.1) is 5.82 Å². The van der Waals surface area contributed by atoms with E-state index in [1.807, 2.05) is 6.07 Å². The van der Waals surface area contributed by atoms with Gasteiger partial charge in [-0.1, -0.05) is 0 Å². The Morgan fingerprint density at radius 2 is 1.69 bits per heavy atom. The molecule has 1 atom stereocenters. The Balaban J connectivity index is 1.67. The van der Waals surface area contributed by atoms with Crippen molar-refractivity contribution in [3.63, 3.8) is 0 Å². The molecule has 2 aromatic carbocycles. The number of methoxy groups -OCH3 is 3. The minimum atomic E-state index is -0.318. The van der Waals surface area contributed by atoms with Crippen molar-refractivity contribution in [1.82, 2.24) is 14.7 Å². The molecule has 0 saturated carbocycles. The number of aryl methyl sites for hydroxylation is 1. The molecule has 168 valence electrons. The minimum Gasteiger partial charge on any atom is -0.496 e. The van der Waals surface area contributed by atoms with Gasteiger partial charge in [-0.05, 0) is 36.4 Å². The first-order valence-electron chi connectivity index (χ1n) is 9.99. The van der Waals surface area contributed by atoms with Crippen molar-refractivity contribution in [3.05, 3.63) is 59.5 Å². The second-order valence-electron chi connectivity index (χ2n) is 7.22. The van der Waals surface area contributed by atoms with E-state index in [1.54, 1.807) is 74.0 Å². The molecule has 4 rings (SSSR count). The van der Waals surface area contributed by atoms with Gasteiger partial charge in [0.05, 0.1) is 27.0 Å². The van der Waals surface area contributed by atoms with Gasteiger partial charge in [-0.3, -0.25) is 9.48 Å². The van der Waals surface area contributed by atoms with Gasteiger partial charge in [-0.2, -0.15) is 5.10 Å². The molecule has 1 aromatic heterocycles. The summed E-state index contributed by atoms with van der Waals surface area (Å²) in [7, 11) is 6.46. The molecule has 1 amide bonds. The number of carbonyl (C=O) groups excluding carboxylic acids is 1. The average Bonchev–Trinajstić information content (AvgIpc) is 3.45. The van der Waals surface area contributed by atoms with Crippen LogP contribution in [0.5, 0.6) is 17.2 Å². The summed E-state index contributed by atoms with van der Waals surface area (Å²) in [6.45, 7) is 0.586. The van der Waals surface area contributed by atoms with Crippen molar-refractivity contribution in [2.24, 2.45) is 7.05 Å². The van der Waals surface area contributed by atoms with E-state index in [2.05, 4.69) is 5.10 Å². The van der Waals surface area contributed by atoms with Crippen LogP contribution in [0.3, 0.4) is 0 Å². The van der Waals surface area contributed by atoms with E-state index in [4.69, 9.17) is 14.2 Å². The number of nitrogens with zero attached hydrogens (tertiary/aromatic N) is 3. The van der Waals surface area contributed by atoms with Crippen LogP contribution in [0.25, 0.3) is 11.3 Å². The minimum absolute atomic E-state index is 0.139. The van der Waals surface area contributed by atoms with Gasteiger partial charge in [0.25, 0.3) is 5.91 Å². The van der Waals surface area contributed by atoms with E-state index in [9.17, 15) is 9.18 Å². The molecule has 0 bridgehead atoms. The van der Waals surface area contributed by atoms with Gasteiger partial charge < -0.3 is 19.1 Å². The fraction of sp³-hybridized carbons (Fsp3) is 0.304. The highest BCUT2D eigenvalue weighted by Crippen LogP contribution is 2.46. The van der Waals surface area contributed by atoms with E-state index in [0.717, 1.165) is 16.9 Å². The van der Waals surface area contributed by atoms with Gasteiger partial charge in [0, 0.05) is 36.5 Å². The van der Waals surface area contributed by atoms with Crippen molar-refractivity contribution >= 4 is 17.7 Å². The van der Waals surface area contributed by atoms with Gasteiger partial charge in [0.1, 0.15) is 22.6 Å². The molecule has 1 unspecified atom stereocenters. The third-order valence-corrected chi connectivity index (χ3v) is 6.64. The highest BCUT2D eigenvalue weighted by Gasteiger charge is 2.35. The lowest BCUT2D eigenvalue weighted by Gasteiger charge is -2.26. The van der Waals surface area contributed by atoms with Crippen molar-refractivity contribution in [2.45, 2.75) is 5.37 Å². The topological polar surface area (TPSA) is 65.8 Å². The van der Waals surface area contributed by atoms with Crippen LogP contribution < -0.4 is 14.2 Å². The summed E-state index contributed by atoms with van der Waals surface area (Å²) in [4.78, 5) is 15.3. The molecule has 1 aliphatic rings. The fourth-order valence-corrected chi connectivity index (χ4v) is 5.03. The first kappa shape index (κ1) is 22.0. The van der Waals surface area contributed by atoms with Gasteiger partial charge in [0.15, 0.2) is 11.5 Å². The molecule has 2 heterocycles. The van der Waals surface area contributed by atoms with Crippen molar-refractivity contribution < 1.29 is 23.4 Å². The number of carbonyl (C=O) groups is 1. The highest BCUT2D eigenvalue weighted by molar-refractivity contribution is 7.99. The second kappa shape index (κ2) is 9.12. The number of thioether (sulfide) groups is 1. The first-order valence-corrected chi connectivity index (χ1v) is 11.0. The lowest BCUT2D eigenvalue weighted by molar-refractivity contribution is 0.0748. The average molecular weight is 458 g/mol. The molecule has 7 nitrogen and oxygen atoms in total. The Morgan fingerprint density at radius 1 is 1.03 bits per heavy atom. The van der Waals surface area contributed by atoms with E-state index < -0.39 is 0 Å². The van der Waals surface area contributed by atoms with E-state index in [0.29, 0.717) is 35.2 Å². The fourth-order valence-electron chi connectivity index (χ4n) is 3.76. The predicted octanol–water partition coefficient (Wildman–Crippen LogP) is 4.14. The lowest BCUT2D eigenvalue weighted by atomic mass is 10.1. The summed E-state index contributed by atoms with van der Waals surface area (Å²) in [5.41, 5.74) is 2.65. The Bertz CT molecular complexity index is 1130. The summed E-state index contributed by atoms with van der Waals surface area (Å²) in [5.74, 6) is 2.09. The first-order chi connectivity index (χ1) is 15.5. The molecule has 0 aliphatic carbocycles. The standard InChI is InChI=1S/C23H24FN3O4S/c1-26-18(12-17(25-26)14-5-7-15(24)8-6-14)22(28)27-9-10-32-23(27)16-11-20(30-3)21(31-4)13-19(16)29-2/h5-8,11-13,23H,9-10H2,1-4H3. The number of ether oxygens (including phenoxy) is 3. The van der Waals surface area contributed by atoms with Gasteiger partial charge in [-0.15, -0.1) is 11.8 Å². The van der Waals surface area contributed by atoms with Gasteiger partial charge >= 0.3 is 0 Å². The van der Waals surface area contributed by atoms with E-state index >= 15 is 0 Å². The Labute approximate surface area is 190 Å². The van der Waals surface area contributed by atoms with Crippen LogP contribution in [0.4, 0.5) is 4.39 Å². The van der Waals surface area contributed by atoms with Crippen LogP contribution in [0.1, 0.15) is 21.4 Å². The maximum atomic E-state index is 13.5. The molecule has 9 heteroatoms. The Kier molecular flexibility index (Phi) is 6.27. The van der Waals surface area contributed by atoms with Crippen LogP contribution in [0.2, 0.25) is 0 Å². The highest BCUT2D eigenvalue weighted by atomic mass is 32.2. The number of aromatic nitrogens is 2. The molecule has 1 fully saturated rings. The molecule has 3 aromatic rings. The molecular formula is C23H24FN3O4S. The van der Waals surface area contributed by atoms with Gasteiger partial charge in [0.2, 0.25) is 0 Å². The zero-order valence-electron chi connectivity index (χ0n) is 18.3. The zero-order chi connectivity index (χ0) is 22.8.